The van der Waals surface area contributed by atoms with Crippen molar-refractivity contribution in [2.75, 3.05) is 12.3 Å². The second-order valence-electron chi connectivity index (χ2n) is 7.63. The first kappa shape index (κ1) is 22.9. The van der Waals surface area contributed by atoms with E-state index in [0.717, 1.165) is 17.1 Å². The van der Waals surface area contributed by atoms with Gasteiger partial charge in [-0.2, -0.15) is 11.8 Å². The molecule has 0 fully saturated rings. The van der Waals surface area contributed by atoms with Gasteiger partial charge in [-0.05, 0) is 47.7 Å². The van der Waals surface area contributed by atoms with E-state index < -0.39 is 6.10 Å². The van der Waals surface area contributed by atoms with Gasteiger partial charge in [-0.3, -0.25) is 4.79 Å². The average molecular weight is 440 g/mol. The summed E-state index contributed by atoms with van der Waals surface area (Å²) < 4.78 is 5.75. The van der Waals surface area contributed by atoms with Crippen LogP contribution in [0.5, 0.6) is 5.75 Å². The van der Waals surface area contributed by atoms with E-state index in [-0.39, 0.29) is 11.3 Å². The zero-order valence-corrected chi connectivity index (χ0v) is 19.0. The maximum Gasteiger partial charge on any atom is 0.260 e. The first-order valence-corrected chi connectivity index (χ1v) is 11.1. The van der Waals surface area contributed by atoms with Crippen molar-refractivity contribution in [3.63, 3.8) is 0 Å². The Morgan fingerprint density at radius 3 is 2.39 bits per heavy atom. The number of carbonyl (C=O) groups is 1. The fraction of sp³-hybridized carbons (Fsp3) is 0.409. The van der Waals surface area contributed by atoms with Crippen LogP contribution in [0.15, 0.2) is 42.5 Å². The topological polar surface area (TPSA) is 38.3 Å². The summed E-state index contributed by atoms with van der Waals surface area (Å²) in [5, 5.41) is 4.04. The highest BCUT2D eigenvalue weighted by Crippen LogP contribution is 2.25. The lowest BCUT2D eigenvalue weighted by molar-refractivity contribution is -0.127. The summed E-state index contributed by atoms with van der Waals surface area (Å²) in [4.78, 5) is 12.2. The Labute approximate surface area is 182 Å². The second kappa shape index (κ2) is 10.4. The van der Waals surface area contributed by atoms with Crippen molar-refractivity contribution in [1.29, 1.82) is 0 Å². The molecule has 0 saturated carbocycles. The summed E-state index contributed by atoms with van der Waals surface area (Å²) in [6.45, 7) is 8.84. The molecule has 0 bridgehead atoms. The molecule has 152 valence electrons. The number of benzene rings is 2. The van der Waals surface area contributed by atoms with Crippen LogP contribution in [-0.4, -0.2) is 24.3 Å². The molecule has 28 heavy (non-hydrogen) atoms. The second-order valence-corrected chi connectivity index (χ2v) is 9.55. The van der Waals surface area contributed by atoms with E-state index in [2.05, 4.69) is 26.1 Å². The fourth-order valence-electron chi connectivity index (χ4n) is 2.50. The maximum absolute atomic E-state index is 12.2. The molecule has 0 saturated heterocycles. The lowest BCUT2D eigenvalue weighted by atomic mass is 9.87. The first-order valence-electron chi connectivity index (χ1n) is 9.23. The summed E-state index contributed by atoms with van der Waals surface area (Å²) in [5.74, 6) is 2.21. The van der Waals surface area contributed by atoms with Gasteiger partial charge in [-0.1, -0.05) is 62.2 Å². The van der Waals surface area contributed by atoms with Gasteiger partial charge in [-0.25, -0.2) is 0 Å². The minimum absolute atomic E-state index is 0.0938. The highest BCUT2D eigenvalue weighted by atomic mass is 35.5. The maximum atomic E-state index is 12.2. The molecule has 1 unspecified atom stereocenters. The number of amides is 1. The molecule has 0 spiro atoms. The molecule has 2 rings (SSSR count). The molecule has 0 aliphatic rings. The van der Waals surface area contributed by atoms with E-state index >= 15 is 0 Å². The highest BCUT2D eigenvalue weighted by Gasteiger charge is 2.16. The molecule has 0 heterocycles. The molecule has 0 aromatic heterocycles. The van der Waals surface area contributed by atoms with Crippen molar-refractivity contribution in [3.05, 3.63) is 63.6 Å². The molecule has 1 amide bonds. The quantitative estimate of drug-likeness (QED) is 0.504. The minimum atomic E-state index is -0.541. The van der Waals surface area contributed by atoms with Crippen molar-refractivity contribution in [2.45, 2.75) is 45.0 Å². The normalized spacial score (nSPS) is 12.5. The Morgan fingerprint density at radius 1 is 1.11 bits per heavy atom. The average Bonchev–Trinajstić information content (AvgIpc) is 2.63. The molecular formula is C22H27Cl2NO2S. The molecule has 2 aromatic rings. The molecule has 1 atom stereocenters. The first-order chi connectivity index (χ1) is 13.2. The SMILES string of the molecule is CC(Oc1ccc(C(C)(C)C)cc1)C(=O)NCCSCc1ccc(Cl)c(Cl)c1. The number of thioether (sulfide) groups is 1. The standard InChI is InChI=1S/C22H27Cl2NO2S/c1-15(27-18-8-6-17(7-9-18)22(2,3)4)21(26)25-11-12-28-14-16-5-10-19(23)20(24)13-16/h5-10,13,15H,11-12,14H2,1-4H3,(H,25,26). The van der Waals surface area contributed by atoms with Crippen LogP contribution in [0.1, 0.15) is 38.8 Å². The van der Waals surface area contributed by atoms with Gasteiger partial charge >= 0.3 is 0 Å². The molecule has 6 heteroatoms. The summed E-state index contributed by atoms with van der Waals surface area (Å²) in [7, 11) is 0. The van der Waals surface area contributed by atoms with Crippen LogP contribution < -0.4 is 10.1 Å². The number of hydrogen-bond donors (Lipinski definition) is 1. The van der Waals surface area contributed by atoms with Gasteiger partial charge in [-0.15, -0.1) is 0 Å². The lowest BCUT2D eigenvalue weighted by Gasteiger charge is -2.20. The van der Waals surface area contributed by atoms with Crippen LogP contribution in [0.2, 0.25) is 10.0 Å². The van der Waals surface area contributed by atoms with E-state index in [1.807, 2.05) is 36.4 Å². The Balaban J connectivity index is 1.70. The van der Waals surface area contributed by atoms with Gasteiger partial charge in [0.05, 0.1) is 10.0 Å². The number of carbonyl (C=O) groups excluding carboxylic acids is 1. The third-order valence-corrected chi connectivity index (χ3v) is 5.97. The molecule has 2 aromatic carbocycles. The van der Waals surface area contributed by atoms with Crippen LogP contribution >= 0.6 is 35.0 Å². The van der Waals surface area contributed by atoms with Crippen molar-refractivity contribution in [2.24, 2.45) is 0 Å². The zero-order chi connectivity index (χ0) is 20.7. The molecule has 0 aliphatic heterocycles. The van der Waals surface area contributed by atoms with Crippen LogP contribution in [0.3, 0.4) is 0 Å². The van der Waals surface area contributed by atoms with Crippen LogP contribution in [-0.2, 0) is 16.0 Å². The van der Waals surface area contributed by atoms with E-state index in [0.29, 0.717) is 22.3 Å². The van der Waals surface area contributed by atoms with Gasteiger partial charge in [0.25, 0.3) is 5.91 Å². The predicted octanol–water partition coefficient (Wildman–Crippen LogP) is 6.11. The summed E-state index contributed by atoms with van der Waals surface area (Å²) in [6, 6.07) is 13.5. The van der Waals surface area contributed by atoms with Gasteiger partial charge in [0, 0.05) is 18.1 Å². The van der Waals surface area contributed by atoms with Crippen molar-refractivity contribution in [1.82, 2.24) is 5.32 Å². The van der Waals surface area contributed by atoms with Gasteiger partial charge in [0.15, 0.2) is 6.10 Å². The summed E-state index contributed by atoms with van der Waals surface area (Å²) >= 11 is 13.7. The Kier molecular flexibility index (Phi) is 8.54. The molecular weight excluding hydrogens is 413 g/mol. The van der Waals surface area contributed by atoms with Gasteiger partial charge < -0.3 is 10.1 Å². The molecule has 3 nitrogen and oxygen atoms in total. The number of ether oxygens (including phenoxy) is 1. The third kappa shape index (κ3) is 7.23. The minimum Gasteiger partial charge on any atom is -0.481 e. The number of rotatable bonds is 8. The Bertz CT molecular complexity index is 788. The van der Waals surface area contributed by atoms with E-state index in [9.17, 15) is 4.79 Å². The van der Waals surface area contributed by atoms with E-state index in [1.165, 1.54) is 5.56 Å². The summed E-state index contributed by atoms with van der Waals surface area (Å²) in [6.07, 6.45) is -0.541. The third-order valence-electron chi connectivity index (χ3n) is 4.20. The fourth-order valence-corrected chi connectivity index (χ4v) is 3.63. The van der Waals surface area contributed by atoms with E-state index in [4.69, 9.17) is 27.9 Å². The highest BCUT2D eigenvalue weighted by molar-refractivity contribution is 7.98. The lowest BCUT2D eigenvalue weighted by Crippen LogP contribution is -2.37. The number of nitrogens with one attached hydrogen (secondary N) is 1. The monoisotopic (exact) mass is 439 g/mol. The van der Waals surface area contributed by atoms with Crippen molar-refractivity contribution < 1.29 is 9.53 Å². The molecule has 1 N–H and O–H groups in total. The molecule has 0 radical (unpaired) electrons. The smallest absolute Gasteiger partial charge is 0.260 e. The van der Waals surface area contributed by atoms with Crippen molar-refractivity contribution in [3.8, 4) is 5.75 Å². The summed E-state index contributed by atoms with van der Waals surface area (Å²) in [5.41, 5.74) is 2.44. The Morgan fingerprint density at radius 2 is 1.79 bits per heavy atom. The molecule has 0 aliphatic carbocycles. The van der Waals surface area contributed by atoms with E-state index in [1.54, 1.807) is 24.8 Å². The van der Waals surface area contributed by atoms with Gasteiger partial charge in [0.2, 0.25) is 0 Å². The van der Waals surface area contributed by atoms with Crippen LogP contribution in [0.4, 0.5) is 0 Å². The van der Waals surface area contributed by atoms with Crippen molar-refractivity contribution >= 4 is 40.9 Å². The number of halogens is 2. The predicted molar refractivity (Wildman–Crippen MR) is 121 cm³/mol. The van der Waals surface area contributed by atoms with Crippen LogP contribution in [0, 0.1) is 0 Å². The van der Waals surface area contributed by atoms with Gasteiger partial charge in [0.1, 0.15) is 5.75 Å². The van der Waals surface area contributed by atoms with Crippen LogP contribution in [0.25, 0.3) is 0 Å². The number of hydrogen-bond acceptors (Lipinski definition) is 3. The Hall–Kier alpha value is -1.36. The zero-order valence-electron chi connectivity index (χ0n) is 16.7. The largest absolute Gasteiger partial charge is 0.481 e.